The highest BCUT2D eigenvalue weighted by Crippen LogP contribution is 2.23. The molecule has 0 N–H and O–H groups in total. The molecule has 0 saturated heterocycles. The summed E-state index contributed by atoms with van der Waals surface area (Å²) >= 11 is 6.08. The van der Waals surface area contributed by atoms with Gasteiger partial charge < -0.3 is 0 Å². The number of aromatic nitrogens is 2. The van der Waals surface area contributed by atoms with Crippen LogP contribution in [0.5, 0.6) is 0 Å². The number of rotatable bonds is 1. The third-order valence-electron chi connectivity index (χ3n) is 2.14. The molecule has 68 valence electrons. The summed E-state index contributed by atoms with van der Waals surface area (Å²) in [5, 5.41) is 6.14. The van der Waals surface area contributed by atoms with E-state index in [9.17, 15) is 0 Å². The molecule has 0 spiro atoms. The fourth-order valence-electron chi connectivity index (χ4n) is 1.47. The number of halogens is 1. The van der Waals surface area contributed by atoms with Gasteiger partial charge in [-0.05, 0) is 24.1 Å². The Hall–Kier alpha value is -1.02. The smallest absolute Gasteiger partial charge is 0.111 e. The van der Waals surface area contributed by atoms with Crippen LogP contribution in [0, 0.1) is 0 Å². The van der Waals surface area contributed by atoms with Gasteiger partial charge in [0.2, 0.25) is 0 Å². The van der Waals surface area contributed by atoms with Gasteiger partial charge in [-0.1, -0.05) is 18.5 Å². The maximum Gasteiger partial charge on any atom is 0.111 e. The summed E-state index contributed by atoms with van der Waals surface area (Å²) in [4.78, 5) is 0. The lowest BCUT2D eigenvalue weighted by Crippen LogP contribution is -1.85. The zero-order valence-corrected chi connectivity index (χ0v) is 8.47. The van der Waals surface area contributed by atoms with E-state index in [-0.39, 0.29) is 0 Å². The summed E-state index contributed by atoms with van der Waals surface area (Å²) in [6, 6.07) is 4.12. The quantitative estimate of drug-likeness (QED) is 0.683. The van der Waals surface area contributed by atoms with Gasteiger partial charge in [-0.2, -0.15) is 5.10 Å². The second-order valence-electron chi connectivity index (χ2n) is 3.17. The molecule has 0 amide bonds. The first-order chi connectivity index (χ1) is 6.20. The lowest BCUT2D eigenvalue weighted by molar-refractivity contribution is 0.780. The minimum Gasteiger partial charge on any atom is -0.275 e. The zero-order chi connectivity index (χ0) is 9.42. The molecular formula is C10H11ClN2. The number of hydrogen-bond donors (Lipinski definition) is 0. The molecule has 0 radical (unpaired) electrons. The van der Waals surface area contributed by atoms with Crippen molar-refractivity contribution in [1.29, 1.82) is 0 Å². The predicted octanol–water partition coefficient (Wildman–Crippen LogP) is 2.79. The van der Waals surface area contributed by atoms with Crippen LogP contribution in [0.1, 0.15) is 12.5 Å². The molecule has 3 heteroatoms. The van der Waals surface area contributed by atoms with Crippen LogP contribution < -0.4 is 0 Å². The SMILES string of the molecule is CCc1cc(Cl)c2nn(C)cc2c1. The van der Waals surface area contributed by atoms with Crippen molar-refractivity contribution in [2.75, 3.05) is 0 Å². The molecule has 0 atom stereocenters. The molecule has 0 unspecified atom stereocenters. The first-order valence-corrected chi connectivity index (χ1v) is 4.70. The van der Waals surface area contributed by atoms with Crippen molar-refractivity contribution in [3.05, 3.63) is 28.9 Å². The molecular weight excluding hydrogens is 184 g/mol. The van der Waals surface area contributed by atoms with Crippen molar-refractivity contribution in [3.8, 4) is 0 Å². The van der Waals surface area contributed by atoms with E-state index in [1.807, 2.05) is 19.3 Å². The monoisotopic (exact) mass is 194 g/mol. The highest BCUT2D eigenvalue weighted by atomic mass is 35.5. The third kappa shape index (κ3) is 1.42. The number of benzene rings is 1. The molecule has 0 fully saturated rings. The van der Waals surface area contributed by atoms with Gasteiger partial charge in [-0.25, -0.2) is 0 Å². The van der Waals surface area contributed by atoms with Gasteiger partial charge in [0.1, 0.15) is 5.52 Å². The maximum absolute atomic E-state index is 6.08. The van der Waals surface area contributed by atoms with Crippen LogP contribution in [0.25, 0.3) is 10.9 Å². The highest BCUT2D eigenvalue weighted by molar-refractivity contribution is 6.35. The van der Waals surface area contributed by atoms with E-state index in [1.54, 1.807) is 4.68 Å². The molecule has 2 nitrogen and oxygen atoms in total. The van der Waals surface area contributed by atoms with Crippen LogP contribution >= 0.6 is 11.6 Å². The van der Waals surface area contributed by atoms with Gasteiger partial charge in [-0.15, -0.1) is 0 Å². The Morgan fingerprint density at radius 2 is 2.23 bits per heavy atom. The molecule has 0 saturated carbocycles. The molecule has 0 aliphatic heterocycles. The average molecular weight is 195 g/mol. The minimum atomic E-state index is 0.745. The van der Waals surface area contributed by atoms with E-state index in [2.05, 4.69) is 18.1 Å². The van der Waals surface area contributed by atoms with Crippen LogP contribution in [-0.2, 0) is 13.5 Å². The van der Waals surface area contributed by atoms with E-state index in [1.165, 1.54) is 5.56 Å². The lowest BCUT2D eigenvalue weighted by atomic mass is 10.1. The Balaban J connectivity index is 2.75. The fraction of sp³-hybridized carbons (Fsp3) is 0.300. The van der Waals surface area contributed by atoms with Crippen molar-refractivity contribution >= 4 is 22.5 Å². The van der Waals surface area contributed by atoms with Crippen LogP contribution in [-0.4, -0.2) is 9.78 Å². The van der Waals surface area contributed by atoms with Gasteiger partial charge >= 0.3 is 0 Å². The Morgan fingerprint density at radius 3 is 2.92 bits per heavy atom. The van der Waals surface area contributed by atoms with Crippen molar-refractivity contribution in [2.24, 2.45) is 7.05 Å². The van der Waals surface area contributed by atoms with Crippen LogP contribution in [0.4, 0.5) is 0 Å². The Bertz CT molecular complexity index is 445. The molecule has 0 aliphatic carbocycles. The first kappa shape index (κ1) is 8.57. The standard InChI is InChI=1S/C10H11ClN2/c1-3-7-4-8-6-13(2)12-10(8)9(11)5-7/h4-6H,3H2,1-2H3. The second kappa shape index (κ2) is 3.04. The molecule has 2 rings (SSSR count). The number of nitrogens with zero attached hydrogens (tertiary/aromatic N) is 2. The van der Waals surface area contributed by atoms with Crippen molar-refractivity contribution in [3.63, 3.8) is 0 Å². The first-order valence-electron chi connectivity index (χ1n) is 4.32. The zero-order valence-electron chi connectivity index (χ0n) is 7.71. The van der Waals surface area contributed by atoms with Crippen LogP contribution in [0.2, 0.25) is 5.02 Å². The highest BCUT2D eigenvalue weighted by Gasteiger charge is 2.04. The molecule has 1 aromatic heterocycles. The van der Waals surface area contributed by atoms with E-state index in [0.717, 1.165) is 22.3 Å². The summed E-state index contributed by atoms with van der Waals surface area (Å²) in [7, 11) is 1.90. The molecule has 1 aromatic carbocycles. The van der Waals surface area contributed by atoms with Crippen molar-refractivity contribution < 1.29 is 0 Å². The van der Waals surface area contributed by atoms with Gasteiger partial charge in [0, 0.05) is 18.6 Å². The normalized spacial score (nSPS) is 11.0. The van der Waals surface area contributed by atoms with Crippen LogP contribution in [0.3, 0.4) is 0 Å². The summed E-state index contributed by atoms with van der Waals surface area (Å²) in [5.41, 5.74) is 2.15. The van der Waals surface area contributed by atoms with Gasteiger partial charge in [0.25, 0.3) is 0 Å². The largest absolute Gasteiger partial charge is 0.275 e. The predicted molar refractivity (Wildman–Crippen MR) is 55.1 cm³/mol. The Labute approximate surface area is 82.1 Å². The summed E-state index contributed by atoms with van der Waals surface area (Å²) in [6.45, 7) is 2.12. The molecule has 0 aliphatic rings. The summed E-state index contributed by atoms with van der Waals surface area (Å²) < 4.78 is 1.79. The number of fused-ring (bicyclic) bond motifs is 1. The van der Waals surface area contributed by atoms with Crippen LogP contribution in [0.15, 0.2) is 18.3 Å². The van der Waals surface area contributed by atoms with Gasteiger partial charge in [-0.3, -0.25) is 4.68 Å². The Kier molecular flexibility index (Phi) is 2.00. The second-order valence-corrected chi connectivity index (χ2v) is 3.58. The molecule has 2 aromatic rings. The molecule has 0 bridgehead atoms. The molecule has 13 heavy (non-hydrogen) atoms. The van der Waals surface area contributed by atoms with Crippen molar-refractivity contribution in [2.45, 2.75) is 13.3 Å². The van der Waals surface area contributed by atoms with E-state index >= 15 is 0 Å². The third-order valence-corrected chi connectivity index (χ3v) is 2.43. The Morgan fingerprint density at radius 1 is 1.46 bits per heavy atom. The number of aryl methyl sites for hydroxylation is 2. The summed E-state index contributed by atoms with van der Waals surface area (Å²) in [6.07, 6.45) is 2.99. The lowest BCUT2D eigenvalue weighted by Gasteiger charge is -1.97. The van der Waals surface area contributed by atoms with Crippen molar-refractivity contribution in [1.82, 2.24) is 9.78 Å². The van der Waals surface area contributed by atoms with Gasteiger partial charge in [0.05, 0.1) is 5.02 Å². The van der Waals surface area contributed by atoms with E-state index in [0.29, 0.717) is 0 Å². The molecule has 1 heterocycles. The van der Waals surface area contributed by atoms with E-state index < -0.39 is 0 Å². The van der Waals surface area contributed by atoms with Gasteiger partial charge in [0.15, 0.2) is 0 Å². The maximum atomic E-state index is 6.08. The topological polar surface area (TPSA) is 17.8 Å². The summed E-state index contributed by atoms with van der Waals surface area (Å²) in [5.74, 6) is 0. The fourth-order valence-corrected chi connectivity index (χ4v) is 1.76. The average Bonchev–Trinajstić information content (AvgIpc) is 2.46. The number of hydrogen-bond acceptors (Lipinski definition) is 1. The minimum absolute atomic E-state index is 0.745. The van der Waals surface area contributed by atoms with E-state index in [4.69, 9.17) is 11.6 Å².